The Morgan fingerprint density at radius 3 is 2.35 bits per heavy atom. The van der Waals surface area contributed by atoms with Gasteiger partial charge < -0.3 is 10.0 Å². The smallest absolute Gasteiger partial charge is 0.295 e. The average molecular weight is 353 g/mol. The normalized spacial score (nSPS) is 19.2. The first-order valence-electron chi connectivity index (χ1n) is 8.64. The molecule has 1 N–H and O–H groups in total. The van der Waals surface area contributed by atoms with Crippen LogP contribution >= 0.6 is 0 Å². The van der Waals surface area contributed by atoms with E-state index in [-0.39, 0.29) is 11.3 Å². The Kier molecular flexibility index (Phi) is 5.16. The summed E-state index contributed by atoms with van der Waals surface area (Å²) in [7, 11) is 0. The average Bonchev–Trinajstić information content (AvgIpc) is 2.91. The van der Waals surface area contributed by atoms with E-state index in [0.717, 1.165) is 12.8 Å². The third kappa shape index (κ3) is 3.25. The summed E-state index contributed by atoms with van der Waals surface area (Å²) in [5.41, 5.74) is 1.11. The van der Waals surface area contributed by atoms with Crippen molar-refractivity contribution in [2.75, 3.05) is 6.54 Å². The number of carbonyl (C=O) groups excluding carboxylic acids is 2. The van der Waals surface area contributed by atoms with Crippen molar-refractivity contribution in [2.45, 2.75) is 25.8 Å². The largest absolute Gasteiger partial charge is 0.507 e. The molecule has 1 aliphatic rings. The zero-order chi connectivity index (χ0) is 18.7. The highest BCUT2D eigenvalue weighted by Gasteiger charge is 2.45. The van der Waals surface area contributed by atoms with Crippen LogP contribution in [0.2, 0.25) is 0 Å². The summed E-state index contributed by atoms with van der Waals surface area (Å²) in [6.45, 7) is 2.39. The van der Waals surface area contributed by atoms with Crippen molar-refractivity contribution >= 4 is 17.4 Å². The maximum atomic E-state index is 13.3. The van der Waals surface area contributed by atoms with Crippen LogP contribution in [0.1, 0.15) is 36.9 Å². The van der Waals surface area contributed by atoms with Crippen molar-refractivity contribution in [3.05, 3.63) is 77.1 Å². The Balaban J connectivity index is 2.15. The molecule has 2 aromatic carbocycles. The predicted molar refractivity (Wildman–Crippen MR) is 96.8 cm³/mol. The minimum Gasteiger partial charge on any atom is -0.507 e. The first kappa shape index (κ1) is 17.9. The Bertz CT molecular complexity index is 843. The van der Waals surface area contributed by atoms with Crippen LogP contribution in [0.5, 0.6) is 0 Å². The highest BCUT2D eigenvalue weighted by Crippen LogP contribution is 2.39. The fourth-order valence-electron chi connectivity index (χ4n) is 3.18. The molecule has 1 aliphatic heterocycles. The Labute approximate surface area is 151 Å². The van der Waals surface area contributed by atoms with Crippen LogP contribution in [0, 0.1) is 5.82 Å². The number of amides is 1. The number of aliphatic hydroxyl groups is 1. The van der Waals surface area contributed by atoms with E-state index in [4.69, 9.17) is 0 Å². The van der Waals surface area contributed by atoms with Crippen LogP contribution in [0.25, 0.3) is 5.76 Å². The lowest BCUT2D eigenvalue weighted by molar-refractivity contribution is -0.139. The molecule has 0 bridgehead atoms. The predicted octanol–water partition coefficient (Wildman–Crippen LogP) is 4.05. The zero-order valence-electron chi connectivity index (χ0n) is 14.5. The van der Waals surface area contributed by atoms with Crippen molar-refractivity contribution in [3.63, 3.8) is 0 Å². The molecule has 0 spiro atoms. The van der Waals surface area contributed by atoms with Crippen LogP contribution in [-0.2, 0) is 9.59 Å². The number of hydrogen-bond acceptors (Lipinski definition) is 3. The third-order valence-corrected chi connectivity index (χ3v) is 4.53. The molecule has 134 valence electrons. The summed E-state index contributed by atoms with van der Waals surface area (Å²) >= 11 is 0. The van der Waals surface area contributed by atoms with E-state index >= 15 is 0 Å². The molecule has 1 heterocycles. The van der Waals surface area contributed by atoms with Crippen LogP contribution in [0.3, 0.4) is 0 Å². The van der Waals surface area contributed by atoms with Crippen molar-refractivity contribution in [3.8, 4) is 0 Å². The van der Waals surface area contributed by atoms with E-state index in [9.17, 15) is 19.1 Å². The second kappa shape index (κ2) is 7.52. The molecule has 0 aromatic heterocycles. The molecule has 0 aliphatic carbocycles. The second-order valence-electron chi connectivity index (χ2n) is 6.26. The third-order valence-electron chi connectivity index (χ3n) is 4.53. The van der Waals surface area contributed by atoms with Gasteiger partial charge in [-0.1, -0.05) is 55.8 Å². The van der Waals surface area contributed by atoms with Crippen LogP contribution in [-0.4, -0.2) is 28.2 Å². The molecule has 0 radical (unpaired) electrons. The van der Waals surface area contributed by atoms with Gasteiger partial charge in [-0.15, -0.1) is 0 Å². The fourth-order valence-corrected chi connectivity index (χ4v) is 3.18. The minimum absolute atomic E-state index is 0.0453. The Hall–Kier alpha value is -2.95. The van der Waals surface area contributed by atoms with Gasteiger partial charge in [0.1, 0.15) is 11.6 Å². The van der Waals surface area contributed by atoms with Gasteiger partial charge in [0, 0.05) is 12.1 Å². The molecule has 4 nitrogen and oxygen atoms in total. The summed E-state index contributed by atoms with van der Waals surface area (Å²) in [6.07, 6.45) is 1.59. The molecular weight excluding hydrogens is 333 g/mol. The number of unbranched alkanes of at least 4 members (excludes halogenated alkanes) is 1. The number of hydrogen-bond donors (Lipinski definition) is 1. The highest BCUT2D eigenvalue weighted by molar-refractivity contribution is 6.46. The molecule has 3 rings (SSSR count). The molecule has 1 fully saturated rings. The summed E-state index contributed by atoms with van der Waals surface area (Å²) in [4.78, 5) is 26.7. The van der Waals surface area contributed by atoms with Crippen molar-refractivity contribution in [2.24, 2.45) is 0 Å². The molecule has 26 heavy (non-hydrogen) atoms. The van der Waals surface area contributed by atoms with Gasteiger partial charge in [-0.2, -0.15) is 0 Å². The second-order valence-corrected chi connectivity index (χ2v) is 6.26. The topological polar surface area (TPSA) is 57.6 Å². The van der Waals surface area contributed by atoms with Gasteiger partial charge in [-0.05, 0) is 24.1 Å². The van der Waals surface area contributed by atoms with Gasteiger partial charge in [-0.3, -0.25) is 9.59 Å². The maximum Gasteiger partial charge on any atom is 0.295 e. The van der Waals surface area contributed by atoms with Gasteiger partial charge in [0.15, 0.2) is 0 Å². The minimum atomic E-state index is -0.720. The van der Waals surface area contributed by atoms with E-state index in [1.165, 1.54) is 17.0 Å². The van der Waals surface area contributed by atoms with Gasteiger partial charge in [0.25, 0.3) is 11.7 Å². The van der Waals surface area contributed by atoms with Crippen LogP contribution in [0.15, 0.2) is 60.2 Å². The number of benzene rings is 2. The standard InChI is InChI=1S/C21H20FNO3/c1-2-3-13-23-18(14-9-11-16(22)12-10-14)17(20(25)21(23)26)19(24)15-7-5-4-6-8-15/h4-12,18,24H,2-3,13H2,1H3/t18-/m1/s1. The van der Waals surface area contributed by atoms with E-state index in [2.05, 4.69) is 0 Å². The van der Waals surface area contributed by atoms with Crippen molar-refractivity contribution < 1.29 is 19.1 Å². The van der Waals surface area contributed by atoms with Crippen molar-refractivity contribution in [1.82, 2.24) is 4.90 Å². The quantitative estimate of drug-likeness (QED) is 0.501. The first-order valence-corrected chi connectivity index (χ1v) is 8.64. The zero-order valence-corrected chi connectivity index (χ0v) is 14.5. The molecule has 1 atom stereocenters. The monoisotopic (exact) mass is 353 g/mol. The molecule has 0 saturated carbocycles. The number of carbonyl (C=O) groups is 2. The van der Waals surface area contributed by atoms with Gasteiger partial charge in [-0.25, -0.2) is 4.39 Å². The van der Waals surface area contributed by atoms with E-state index in [1.807, 2.05) is 6.92 Å². The van der Waals surface area contributed by atoms with E-state index < -0.39 is 23.5 Å². The fraction of sp³-hybridized carbons (Fsp3) is 0.238. The lowest BCUT2D eigenvalue weighted by Gasteiger charge is -2.25. The molecular formula is C21H20FNO3. The van der Waals surface area contributed by atoms with Gasteiger partial charge in [0.2, 0.25) is 0 Å². The Morgan fingerprint density at radius 1 is 1.08 bits per heavy atom. The number of halogens is 1. The SMILES string of the molecule is CCCCN1C(=O)C(=O)C(=C(O)c2ccccc2)[C@H]1c1ccc(F)cc1. The summed E-state index contributed by atoms with van der Waals surface area (Å²) in [5.74, 6) is -1.96. The lowest BCUT2D eigenvalue weighted by Crippen LogP contribution is -2.30. The highest BCUT2D eigenvalue weighted by atomic mass is 19.1. The van der Waals surface area contributed by atoms with Gasteiger partial charge >= 0.3 is 0 Å². The van der Waals surface area contributed by atoms with Gasteiger partial charge in [0.05, 0.1) is 11.6 Å². The number of nitrogens with zero attached hydrogens (tertiary/aromatic N) is 1. The summed E-state index contributed by atoms with van der Waals surface area (Å²) < 4.78 is 13.3. The maximum absolute atomic E-state index is 13.3. The number of likely N-dealkylation sites (tertiary alicyclic amines) is 1. The van der Waals surface area contributed by atoms with Crippen molar-refractivity contribution in [1.29, 1.82) is 0 Å². The first-order chi connectivity index (χ1) is 12.5. The molecule has 1 saturated heterocycles. The number of Topliss-reactive ketones (excluding diaryl/α,β-unsaturated/α-hetero) is 1. The number of aliphatic hydroxyl groups excluding tert-OH is 1. The lowest BCUT2D eigenvalue weighted by atomic mass is 9.95. The van der Waals surface area contributed by atoms with E-state index in [1.54, 1.807) is 42.5 Å². The molecule has 1 amide bonds. The van der Waals surface area contributed by atoms with Crippen LogP contribution < -0.4 is 0 Å². The molecule has 2 aromatic rings. The number of ketones is 1. The van der Waals surface area contributed by atoms with E-state index in [0.29, 0.717) is 17.7 Å². The Morgan fingerprint density at radius 2 is 1.73 bits per heavy atom. The molecule has 5 heteroatoms. The summed E-state index contributed by atoms with van der Waals surface area (Å²) in [5, 5.41) is 10.7. The number of rotatable bonds is 5. The molecule has 0 unspecified atom stereocenters. The van der Waals surface area contributed by atoms with Crippen LogP contribution in [0.4, 0.5) is 4.39 Å². The summed E-state index contributed by atoms with van der Waals surface area (Å²) in [6, 6.07) is 13.6.